The molecule has 0 spiro atoms. The van der Waals surface area contributed by atoms with Crippen LogP contribution in [0, 0.1) is 11.6 Å². The summed E-state index contributed by atoms with van der Waals surface area (Å²) in [6.07, 6.45) is 0. The van der Waals surface area contributed by atoms with Crippen molar-refractivity contribution < 1.29 is 22.0 Å². The molecule has 16 heavy (non-hydrogen) atoms. The quantitative estimate of drug-likeness (QED) is 0.834. The van der Waals surface area contributed by atoms with E-state index in [0.717, 1.165) is 6.92 Å². The number of carbonyl (C=O) groups excluding carboxylic acids is 1. The minimum absolute atomic E-state index is 0.188. The van der Waals surface area contributed by atoms with Gasteiger partial charge >= 0.3 is 0 Å². The number of amides is 1. The van der Waals surface area contributed by atoms with Gasteiger partial charge in [0.1, 0.15) is 11.6 Å². The number of hydrogen-bond donors (Lipinski definition) is 1. The molecule has 1 rings (SSSR count). The third-order valence-electron chi connectivity index (χ3n) is 1.56. The lowest BCUT2D eigenvalue weighted by Gasteiger charge is -2.05. The fraction of sp³-hybridized carbons (Fsp3) is 0.125. The van der Waals surface area contributed by atoms with E-state index in [0.29, 0.717) is 12.1 Å². The summed E-state index contributed by atoms with van der Waals surface area (Å²) in [7, 11) is 0.332. The van der Waals surface area contributed by atoms with Crippen LogP contribution < -0.4 is 5.32 Å². The average molecular weight is 270 g/mol. The topological polar surface area (TPSA) is 63.2 Å². The Kier molecular flexibility index (Phi) is 3.49. The van der Waals surface area contributed by atoms with E-state index in [4.69, 9.17) is 10.7 Å². The summed E-state index contributed by atoms with van der Waals surface area (Å²) in [6, 6.07) is 1.33. The van der Waals surface area contributed by atoms with E-state index in [1.54, 1.807) is 0 Å². The van der Waals surface area contributed by atoms with Crippen LogP contribution in [-0.2, 0) is 13.8 Å². The molecule has 1 N–H and O–H groups in total. The van der Waals surface area contributed by atoms with Gasteiger partial charge in [-0.1, -0.05) is 0 Å². The maximum absolute atomic E-state index is 13.2. The number of anilines is 1. The number of nitrogens with one attached hydrogen (secondary N) is 1. The molecule has 0 atom stereocenters. The summed E-state index contributed by atoms with van der Waals surface area (Å²) in [5.74, 6) is -3.27. The SMILES string of the molecule is CC(=O)Nc1cc(F)c(S(=O)(=O)Cl)c(F)c1. The third kappa shape index (κ3) is 2.89. The van der Waals surface area contributed by atoms with E-state index in [2.05, 4.69) is 5.32 Å². The Morgan fingerprint density at radius 2 is 1.75 bits per heavy atom. The number of benzene rings is 1. The van der Waals surface area contributed by atoms with Crippen molar-refractivity contribution >= 4 is 31.3 Å². The van der Waals surface area contributed by atoms with Crippen LogP contribution in [0.5, 0.6) is 0 Å². The first-order chi connectivity index (χ1) is 7.21. The highest BCUT2D eigenvalue weighted by Gasteiger charge is 2.22. The van der Waals surface area contributed by atoms with Gasteiger partial charge < -0.3 is 5.32 Å². The minimum atomic E-state index is -4.50. The lowest BCUT2D eigenvalue weighted by molar-refractivity contribution is -0.114. The first kappa shape index (κ1) is 12.9. The van der Waals surface area contributed by atoms with Crippen molar-refractivity contribution in [3.8, 4) is 0 Å². The van der Waals surface area contributed by atoms with Crippen molar-refractivity contribution in [3.05, 3.63) is 23.8 Å². The molecular weight excluding hydrogens is 264 g/mol. The zero-order valence-corrected chi connectivity index (χ0v) is 9.49. The van der Waals surface area contributed by atoms with Crippen LogP contribution in [0.15, 0.2) is 17.0 Å². The Hall–Kier alpha value is -1.21. The summed E-state index contributed by atoms with van der Waals surface area (Å²) < 4.78 is 48.0. The van der Waals surface area contributed by atoms with Gasteiger partial charge in [-0.3, -0.25) is 4.79 Å². The first-order valence-electron chi connectivity index (χ1n) is 3.93. The third-order valence-corrected chi connectivity index (χ3v) is 2.90. The van der Waals surface area contributed by atoms with E-state index < -0.39 is 31.5 Å². The van der Waals surface area contributed by atoms with Gasteiger partial charge in [0.05, 0.1) is 0 Å². The van der Waals surface area contributed by atoms with Gasteiger partial charge in [0, 0.05) is 23.3 Å². The van der Waals surface area contributed by atoms with E-state index in [1.165, 1.54) is 0 Å². The Morgan fingerprint density at radius 3 is 2.06 bits per heavy atom. The molecule has 0 aliphatic heterocycles. The van der Waals surface area contributed by atoms with Crippen molar-refractivity contribution in [2.24, 2.45) is 0 Å². The van der Waals surface area contributed by atoms with Crippen LogP contribution >= 0.6 is 10.7 Å². The van der Waals surface area contributed by atoms with Gasteiger partial charge in [0.15, 0.2) is 4.90 Å². The molecule has 0 bridgehead atoms. The molecule has 4 nitrogen and oxygen atoms in total. The van der Waals surface area contributed by atoms with Gasteiger partial charge in [0.25, 0.3) is 9.05 Å². The maximum atomic E-state index is 13.2. The molecule has 0 radical (unpaired) electrons. The van der Waals surface area contributed by atoms with Gasteiger partial charge in [-0.25, -0.2) is 17.2 Å². The molecule has 1 aromatic rings. The van der Waals surface area contributed by atoms with E-state index in [9.17, 15) is 22.0 Å². The molecule has 1 aromatic carbocycles. The highest BCUT2D eigenvalue weighted by atomic mass is 35.7. The van der Waals surface area contributed by atoms with Crippen molar-refractivity contribution in [3.63, 3.8) is 0 Å². The Bertz CT molecular complexity index is 521. The second-order valence-corrected chi connectivity index (χ2v) is 5.39. The Morgan fingerprint density at radius 1 is 1.31 bits per heavy atom. The van der Waals surface area contributed by atoms with Gasteiger partial charge in [-0.15, -0.1) is 0 Å². The predicted octanol–water partition coefficient (Wildman–Crippen LogP) is 1.85. The van der Waals surface area contributed by atoms with Gasteiger partial charge in [0.2, 0.25) is 5.91 Å². The van der Waals surface area contributed by atoms with Crippen molar-refractivity contribution in [1.29, 1.82) is 0 Å². The zero-order chi connectivity index (χ0) is 12.5. The number of carbonyl (C=O) groups is 1. The van der Waals surface area contributed by atoms with Crippen LogP contribution in [0.1, 0.15) is 6.92 Å². The Labute approximate surface area is 94.6 Å². The lowest BCUT2D eigenvalue weighted by Crippen LogP contribution is -2.08. The second kappa shape index (κ2) is 4.34. The Balaban J connectivity index is 3.34. The summed E-state index contributed by atoms with van der Waals surface area (Å²) in [5.41, 5.74) is -0.188. The highest BCUT2D eigenvalue weighted by molar-refractivity contribution is 8.13. The lowest BCUT2D eigenvalue weighted by atomic mass is 10.3. The summed E-state index contributed by atoms with van der Waals surface area (Å²) in [5, 5.41) is 2.11. The van der Waals surface area contributed by atoms with E-state index >= 15 is 0 Å². The standard InChI is InChI=1S/C8H6ClF2NO3S/c1-4(13)12-5-2-6(10)8(7(11)3-5)16(9,14)15/h2-3H,1H3,(H,12,13). The molecule has 0 unspecified atom stereocenters. The summed E-state index contributed by atoms with van der Waals surface area (Å²) in [6.45, 7) is 1.14. The van der Waals surface area contributed by atoms with Gasteiger partial charge in [-0.05, 0) is 12.1 Å². The van der Waals surface area contributed by atoms with E-state index in [-0.39, 0.29) is 5.69 Å². The minimum Gasteiger partial charge on any atom is -0.326 e. The van der Waals surface area contributed by atoms with E-state index in [1.807, 2.05) is 0 Å². The smallest absolute Gasteiger partial charge is 0.267 e. The monoisotopic (exact) mass is 269 g/mol. The number of hydrogen-bond acceptors (Lipinski definition) is 3. The summed E-state index contributed by atoms with van der Waals surface area (Å²) >= 11 is 0. The van der Waals surface area contributed by atoms with Crippen LogP contribution in [0.2, 0.25) is 0 Å². The summed E-state index contributed by atoms with van der Waals surface area (Å²) in [4.78, 5) is 9.38. The van der Waals surface area contributed by atoms with Crippen LogP contribution in [-0.4, -0.2) is 14.3 Å². The molecule has 0 saturated heterocycles. The number of rotatable bonds is 2. The zero-order valence-electron chi connectivity index (χ0n) is 7.92. The molecule has 0 aliphatic carbocycles. The van der Waals surface area contributed by atoms with Crippen molar-refractivity contribution in [1.82, 2.24) is 0 Å². The normalized spacial score (nSPS) is 11.2. The van der Waals surface area contributed by atoms with Gasteiger partial charge in [-0.2, -0.15) is 0 Å². The molecule has 0 saturated carbocycles. The van der Waals surface area contributed by atoms with Crippen molar-refractivity contribution in [2.75, 3.05) is 5.32 Å². The molecule has 1 amide bonds. The molecule has 0 heterocycles. The molecule has 0 aromatic heterocycles. The second-order valence-electron chi connectivity index (χ2n) is 2.89. The fourth-order valence-electron chi connectivity index (χ4n) is 1.07. The average Bonchev–Trinajstić information content (AvgIpc) is 1.96. The fourth-order valence-corrected chi connectivity index (χ4v) is 2.09. The van der Waals surface area contributed by atoms with Crippen LogP contribution in [0.4, 0.5) is 14.5 Å². The molecule has 0 aliphatic rings. The van der Waals surface area contributed by atoms with Crippen LogP contribution in [0.25, 0.3) is 0 Å². The molecule has 8 heteroatoms. The maximum Gasteiger partial charge on any atom is 0.267 e. The molecular formula is C8H6ClF2NO3S. The molecule has 88 valence electrons. The first-order valence-corrected chi connectivity index (χ1v) is 6.24. The highest BCUT2D eigenvalue weighted by Crippen LogP contribution is 2.25. The predicted molar refractivity (Wildman–Crippen MR) is 53.7 cm³/mol. The van der Waals surface area contributed by atoms with Crippen molar-refractivity contribution in [2.45, 2.75) is 11.8 Å². The number of halogens is 3. The molecule has 0 fully saturated rings. The largest absolute Gasteiger partial charge is 0.326 e. The van der Waals surface area contributed by atoms with Crippen LogP contribution in [0.3, 0.4) is 0 Å².